The van der Waals surface area contributed by atoms with Crippen LogP contribution in [0.25, 0.3) is 0 Å². The molecule has 23 heavy (non-hydrogen) atoms. The lowest BCUT2D eigenvalue weighted by Gasteiger charge is -2.07. The summed E-state index contributed by atoms with van der Waals surface area (Å²) >= 11 is 0. The molecule has 0 aliphatic rings. The van der Waals surface area contributed by atoms with Crippen LogP contribution in [0, 0.1) is 0 Å². The van der Waals surface area contributed by atoms with Crippen molar-refractivity contribution in [3.8, 4) is 11.5 Å². The van der Waals surface area contributed by atoms with E-state index in [2.05, 4.69) is 20.6 Å². The van der Waals surface area contributed by atoms with Gasteiger partial charge in [-0.05, 0) is 18.6 Å². The van der Waals surface area contributed by atoms with E-state index in [4.69, 9.17) is 0 Å². The summed E-state index contributed by atoms with van der Waals surface area (Å²) in [5.41, 5.74) is 0.528. The topological polar surface area (TPSA) is 124 Å². The number of amides is 2. The molecule has 0 radical (unpaired) electrons. The van der Waals surface area contributed by atoms with Gasteiger partial charge in [-0.1, -0.05) is 0 Å². The maximum absolute atomic E-state index is 11.8. The molecule has 4 N–H and O–H groups in total. The molecule has 8 heteroatoms. The van der Waals surface area contributed by atoms with Crippen LogP contribution in [0.1, 0.15) is 27.1 Å². The molecule has 2 amide bonds. The highest BCUT2D eigenvalue weighted by atomic mass is 16.3. The van der Waals surface area contributed by atoms with Gasteiger partial charge in [-0.15, -0.1) is 0 Å². The second-order valence-corrected chi connectivity index (χ2v) is 4.73. The van der Waals surface area contributed by atoms with E-state index in [1.165, 1.54) is 36.9 Å². The van der Waals surface area contributed by atoms with Crippen molar-refractivity contribution in [2.45, 2.75) is 6.42 Å². The molecule has 2 heterocycles. The molecule has 2 aromatic heterocycles. The number of pyridine rings is 2. The Labute approximate surface area is 132 Å². The van der Waals surface area contributed by atoms with E-state index < -0.39 is 0 Å². The fourth-order valence-corrected chi connectivity index (χ4v) is 1.80. The predicted molar refractivity (Wildman–Crippen MR) is 81.1 cm³/mol. The minimum absolute atomic E-state index is 0.0790. The van der Waals surface area contributed by atoms with Gasteiger partial charge in [-0.3, -0.25) is 19.6 Å². The molecule has 2 rings (SSSR count). The average Bonchev–Trinajstić information content (AvgIpc) is 2.54. The Bertz CT molecular complexity index is 646. The number of rotatable bonds is 6. The molecule has 0 saturated heterocycles. The molecular formula is C15H16N4O4. The second kappa shape index (κ2) is 7.74. The summed E-state index contributed by atoms with van der Waals surface area (Å²) in [5, 5.41) is 23.8. The van der Waals surface area contributed by atoms with Crippen LogP contribution in [0.15, 0.2) is 36.9 Å². The van der Waals surface area contributed by atoms with Gasteiger partial charge in [0.1, 0.15) is 11.5 Å². The number of nitrogens with zero attached hydrogens (tertiary/aromatic N) is 2. The fraction of sp³-hybridized carbons (Fsp3) is 0.200. The lowest BCUT2D eigenvalue weighted by Crippen LogP contribution is -2.30. The zero-order chi connectivity index (χ0) is 16.7. The first kappa shape index (κ1) is 16.2. The number of carbonyl (C=O) groups is 2. The van der Waals surface area contributed by atoms with Crippen molar-refractivity contribution in [3.63, 3.8) is 0 Å². The normalized spacial score (nSPS) is 10.1. The van der Waals surface area contributed by atoms with Crippen molar-refractivity contribution in [3.05, 3.63) is 48.0 Å². The summed E-state index contributed by atoms with van der Waals surface area (Å²) in [6.07, 6.45) is 5.71. The monoisotopic (exact) mass is 316 g/mol. The van der Waals surface area contributed by atoms with Gasteiger partial charge >= 0.3 is 0 Å². The minimum Gasteiger partial charge on any atom is -0.506 e. The molecule has 8 nitrogen and oxygen atoms in total. The lowest BCUT2D eigenvalue weighted by atomic mass is 10.2. The molecule has 0 fully saturated rings. The van der Waals surface area contributed by atoms with E-state index in [9.17, 15) is 19.8 Å². The average molecular weight is 316 g/mol. The number of hydrogen-bond acceptors (Lipinski definition) is 6. The van der Waals surface area contributed by atoms with Crippen LogP contribution < -0.4 is 10.6 Å². The SMILES string of the molecule is O=C(NCCCNC(=O)c1cncc(O)c1)c1cncc(O)c1. The smallest absolute Gasteiger partial charge is 0.252 e. The van der Waals surface area contributed by atoms with Crippen molar-refractivity contribution in [2.75, 3.05) is 13.1 Å². The fourth-order valence-electron chi connectivity index (χ4n) is 1.80. The largest absolute Gasteiger partial charge is 0.506 e. The number of aromatic nitrogens is 2. The van der Waals surface area contributed by atoms with Crippen LogP contribution in [0.2, 0.25) is 0 Å². The Kier molecular flexibility index (Phi) is 5.45. The van der Waals surface area contributed by atoms with Gasteiger partial charge in [-0.2, -0.15) is 0 Å². The molecule has 2 aromatic rings. The lowest BCUT2D eigenvalue weighted by molar-refractivity contribution is 0.0951. The number of aromatic hydroxyl groups is 2. The Hall–Kier alpha value is -3.16. The third-order valence-corrected chi connectivity index (χ3v) is 2.90. The highest BCUT2D eigenvalue weighted by molar-refractivity contribution is 5.94. The van der Waals surface area contributed by atoms with E-state index in [1.54, 1.807) is 0 Å². The van der Waals surface area contributed by atoms with Crippen LogP contribution in [0.3, 0.4) is 0 Å². The van der Waals surface area contributed by atoms with Gasteiger partial charge < -0.3 is 20.8 Å². The molecule has 120 valence electrons. The first-order valence-electron chi connectivity index (χ1n) is 6.90. The van der Waals surface area contributed by atoms with Crippen molar-refractivity contribution in [2.24, 2.45) is 0 Å². The molecule has 0 aliphatic carbocycles. The van der Waals surface area contributed by atoms with Crippen molar-refractivity contribution >= 4 is 11.8 Å². The van der Waals surface area contributed by atoms with Crippen LogP contribution >= 0.6 is 0 Å². The minimum atomic E-state index is -0.350. The first-order chi connectivity index (χ1) is 11.1. The van der Waals surface area contributed by atoms with Gasteiger partial charge in [-0.25, -0.2) is 0 Å². The van der Waals surface area contributed by atoms with E-state index in [0.717, 1.165) is 0 Å². The van der Waals surface area contributed by atoms with Crippen molar-refractivity contribution < 1.29 is 19.8 Å². The molecule has 0 aliphatic heterocycles. The number of nitrogens with one attached hydrogen (secondary N) is 2. The van der Waals surface area contributed by atoms with Gasteiger partial charge in [0.15, 0.2) is 0 Å². The molecular weight excluding hydrogens is 300 g/mol. The summed E-state index contributed by atoms with van der Waals surface area (Å²) in [5.74, 6) is -0.858. The van der Waals surface area contributed by atoms with Crippen LogP contribution in [0.5, 0.6) is 11.5 Å². The third-order valence-electron chi connectivity index (χ3n) is 2.90. The van der Waals surface area contributed by atoms with E-state index in [1.807, 2.05) is 0 Å². The van der Waals surface area contributed by atoms with Crippen LogP contribution in [-0.2, 0) is 0 Å². The van der Waals surface area contributed by atoms with Crippen molar-refractivity contribution in [1.29, 1.82) is 0 Å². The second-order valence-electron chi connectivity index (χ2n) is 4.73. The highest BCUT2D eigenvalue weighted by Gasteiger charge is 2.07. The van der Waals surface area contributed by atoms with Gasteiger partial charge in [0.2, 0.25) is 0 Å². The van der Waals surface area contributed by atoms with Crippen LogP contribution in [-0.4, -0.2) is 45.1 Å². The first-order valence-corrected chi connectivity index (χ1v) is 6.90. The van der Waals surface area contributed by atoms with E-state index in [-0.39, 0.29) is 34.4 Å². The number of carbonyl (C=O) groups excluding carboxylic acids is 2. The third kappa shape index (κ3) is 4.95. The molecule has 0 aromatic carbocycles. The summed E-state index contributed by atoms with van der Waals surface area (Å²) in [6, 6.07) is 2.64. The summed E-state index contributed by atoms with van der Waals surface area (Å²) in [6.45, 7) is 0.708. The molecule has 0 atom stereocenters. The van der Waals surface area contributed by atoms with Gasteiger partial charge in [0.25, 0.3) is 11.8 Å². The zero-order valence-corrected chi connectivity index (χ0v) is 12.2. The molecule has 0 unspecified atom stereocenters. The Morgan fingerprint density at radius 3 is 1.65 bits per heavy atom. The van der Waals surface area contributed by atoms with Crippen LogP contribution in [0.4, 0.5) is 0 Å². The summed E-state index contributed by atoms with van der Waals surface area (Å²) in [4.78, 5) is 31.0. The van der Waals surface area contributed by atoms with Crippen molar-refractivity contribution in [1.82, 2.24) is 20.6 Å². The highest BCUT2D eigenvalue weighted by Crippen LogP contribution is 2.08. The zero-order valence-electron chi connectivity index (χ0n) is 12.2. The van der Waals surface area contributed by atoms with Gasteiger partial charge in [0.05, 0.1) is 23.5 Å². The maximum Gasteiger partial charge on any atom is 0.252 e. The van der Waals surface area contributed by atoms with Gasteiger partial charge in [0, 0.05) is 25.5 Å². The molecule has 0 spiro atoms. The maximum atomic E-state index is 11.8. The van der Waals surface area contributed by atoms with E-state index >= 15 is 0 Å². The summed E-state index contributed by atoms with van der Waals surface area (Å²) < 4.78 is 0. The Balaban J connectivity index is 1.69. The standard InChI is InChI=1S/C15H16N4O4/c20-12-4-10(6-16-8-12)14(22)18-2-1-3-19-15(23)11-5-13(21)9-17-7-11/h4-9,20-21H,1-3H2,(H,18,22)(H,19,23). The summed E-state index contributed by atoms with van der Waals surface area (Å²) in [7, 11) is 0. The Morgan fingerprint density at radius 2 is 1.26 bits per heavy atom. The van der Waals surface area contributed by atoms with E-state index in [0.29, 0.717) is 19.5 Å². The molecule has 0 bridgehead atoms. The predicted octanol–water partition coefficient (Wildman–Crippen LogP) is 0.438. The number of hydrogen-bond donors (Lipinski definition) is 4. The Morgan fingerprint density at radius 1 is 0.826 bits per heavy atom. The quantitative estimate of drug-likeness (QED) is 0.573. The molecule has 0 saturated carbocycles.